The van der Waals surface area contributed by atoms with E-state index in [-0.39, 0.29) is 0 Å². The lowest BCUT2D eigenvalue weighted by atomic mass is 10.1. The molecule has 96 valence electrons. The van der Waals surface area contributed by atoms with Crippen molar-refractivity contribution in [2.75, 3.05) is 11.5 Å². The first-order chi connectivity index (χ1) is 8.24. The second-order valence-corrected chi connectivity index (χ2v) is 6.87. The zero-order valence-electron chi connectivity index (χ0n) is 11.2. The summed E-state index contributed by atoms with van der Waals surface area (Å²) in [6.07, 6.45) is 1.27. The molecule has 0 aliphatic heterocycles. The highest BCUT2D eigenvalue weighted by atomic mass is 32.2. The van der Waals surface area contributed by atoms with Gasteiger partial charge in [-0.05, 0) is 35.0 Å². The van der Waals surface area contributed by atoms with E-state index in [0.29, 0.717) is 0 Å². The second kappa shape index (κ2) is 8.93. The third kappa shape index (κ3) is 6.42. The first kappa shape index (κ1) is 15.0. The highest BCUT2D eigenvalue weighted by Gasteiger charge is 2.02. The maximum absolute atomic E-state index is 2.29. The molecule has 0 amide bonds. The van der Waals surface area contributed by atoms with Gasteiger partial charge in [-0.3, -0.25) is 0 Å². The molecular formula is C15H24S2. The monoisotopic (exact) mass is 268 g/mol. The number of hydrogen-bond acceptors (Lipinski definition) is 2. The van der Waals surface area contributed by atoms with E-state index >= 15 is 0 Å². The van der Waals surface area contributed by atoms with Crippen molar-refractivity contribution in [3.05, 3.63) is 35.4 Å². The Balaban J connectivity index is 2.46. The van der Waals surface area contributed by atoms with Crippen molar-refractivity contribution in [1.82, 2.24) is 0 Å². The summed E-state index contributed by atoms with van der Waals surface area (Å²) in [7, 11) is 0. The molecule has 0 nitrogen and oxygen atoms in total. The van der Waals surface area contributed by atoms with Crippen molar-refractivity contribution in [1.29, 1.82) is 0 Å². The van der Waals surface area contributed by atoms with E-state index in [0.717, 1.165) is 5.92 Å². The molecule has 0 saturated carbocycles. The van der Waals surface area contributed by atoms with Gasteiger partial charge >= 0.3 is 0 Å². The van der Waals surface area contributed by atoms with Gasteiger partial charge in [-0.25, -0.2) is 0 Å². The van der Waals surface area contributed by atoms with Gasteiger partial charge < -0.3 is 0 Å². The molecule has 0 fully saturated rings. The molecule has 0 aliphatic rings. The summed E-state index contributed by atoms with van der Waals surface area (Å²) < 4.78 is 0. The normalized spacial score (nSPS) is 11.1. The minimum absolute atomic E-state index is 0.793. The average molecular weight is 268 g/mol. The minimum Gasteiger partial charge on any atom is -0.157 e. The fourth-order valence-electron chi connectivity index (χ4n) is 1.57. The van der Waals surface area contributed by atoms with Crippen molar-refractivity contribution < 1.29 is 0 Å². The van der Waals surface area contributed by atoms with Crippen LogP contribution in [-0.2, 0) is 11.5 Å². The molecule has 0 heterocycles. The van der Waals surface area contributed by atoms with Crippen LogP contribution in [0.5, 0.6) is 0 Å². The van der Waals surface area contributed by atoms with Crippen LogP contribution in [0.25, 0.3) is 0 Å². The van der Waals surface area contributed by atoms with E-state index in [1.54, 1.807) is 0 Å². The molecule has 0 atom stereocenters. The first-order valence-corrected chi connectivity index (χ1v) is 8.77. The zero-order chi connectivity index (χ0) is 12.5. The topological polar surface area (TPSA) is 0 Å². The Morgan fingerprint density at radius 3 is 2.12 bits per heavy atom. The van der Waals surface area contributed by atoms with Crippen molar-refractivity contribution in [3.63, 3.8) is 0 Å². The van der Waals surface area contributed by atoms with Gasteiger partial charge in [0.15, 0.2) is 0 Å². The summed E-state index contributed by atoms with van der Waals surface area (Å²) in [6, 6.07) is 8.90. The molecule has 0 radical (unpaired) electrons. The molecular weight excluding hydrogens is 244 g/mol. The molecule has 17 heavy (non-hydrogen) atoms. The Labute approximate surface area is 115 Å². The maximum atomic E-state index is 2.29. The van der Waals surface area contributed by atoms with Gasteiger partial charge in [-0.15, -0.1) is 0 Å². The summed E-state index contributed by atoms with van der Waals surface area (Å²) in [4.78, 5) is 0. The summed E-state index contributed by atoms with van der Waals surface area (Å²) in [5.74, 6) is 5.67. The van der Waals surface area contributed by atoms with Gasteiger partial charge in [-0.1, -0.05) is 45.0 Å². The van der Waals surface area contributed by atoms with E-state index in [1.165, 1.54) is 40.6 Å². The van der Waals surface area contributed by atoms with Crippen molar-refractivity contribution in [3.8, 4) is 0 Å². The van der Waals surface area contributed by atoms with Gasteiger partial charge in [-0.2, -0.15) is 23.5 Å². The fourth-order valence-corrected chi connectivity index (χ4v) is 3.60. The van der Waals surface area contributed by atoms with Crippen LogP contribution in [-0.4, -0.2) is 11.5 Å². The van der Waals surface area contributed by atoms with Gasteiger partial charge in [0.2, 0.25) is 0 Å². The van der Waals surface area contributed by atoms with E-state index in [4.69, 9.17) is 0 Å². The maximum Gasteiger partial charge on any atom is 0.0187 e. The van der Waals surface area contributed by atoms with Gasteiger partial charge in [0, 0.05) is 11.5 Å². The standard InChI is InChI=1S/C15H24S2/c1-4-9-16-11-14-7-5-6-8-15(14)12-17-10-13(2)3/h5-8,13H,4,9-12H2,1-3H3. The second-order valence-electron chi connectivity index (χ2n) is 4.73. The first-order valence-electron chi connectivity index (χ1n) is 6.46. The van der Waals surface area contributed by atoms with Gasteiger partial charge in [0.1, 0.15) is 0 Å². The lowest BCUT2D eigenvalue weighted by Gasteiger charge is -2.10. The number of benzene rings is 1. The predicted octanol–water partition coefficient (Wildman–Crippen LogP) is 5.22. The van der Waals surface area contributed by atoms with E-state index in [2.05, 4.69) is 68.6 Å². The van der Waals surface area contributed by atoms with E-state index in [1.807, 2.05) is 0 Å². The molecule has 0 spiro atoms. The smallest absolute Gasteiger partial charge is 0.0187 e. The molecule has 0 saturated heterocycles. The van der Waals surface area contributed by atoms with Crippen LogP contribution >= 0.6 is 23.5 Å². The fraction of sp³-hybridized carbons (Fsp3) is 0.600. The van der Waals surface area contributed by atoms with Crippen molar-refractivity contribution >= 4 is 23.5 Å². The molecule has 0 aromatic heterocycles. The summed E-state index contributed by atoms with van der Waals surface area (Å²) in [5.41, 5.74) is 3.06. The molecule has 0 aliphatic carbocycles. The van der Waals surface area contributed by atoms with Crippen LogP contribution in [0.1, 0.15) is 38.3 Å². The molecule has 0 bridgehead atoms. The van der Waals surface area contributed by atoms with Crippen LogP contribution in [0, 0.1) is 5.92 Å². The Bertz CT molecular complexity index is 308. The highest BCUT2D eigenvalue weighted by molar-refractivity contribution is 7.98. The Morgan fingerprint density at radius 1 is 1.00 bits per heavy atom. The number of hydrogen-bond donors (Lipinski definition) is 0. The zero-order valence-corrected chi connectivity index (χ0v) is 12.9. The SMILES string of the molecule is CCCSCc1ccccc1CSCC(C)C. The molecule has 0 unspecified atom stereocenters. The Hall–Kier alpha value is -0.0800. The quantitative estimate of drug-likeness (QED) is 0.593. The van der Waals surface area contributed by atoms with E-state index < -0.39 is 0 Å². The molecule has 0 N–H and O–H groups in total. The third-order valence-corrected chi connectivity index (χ3v) is 5.06. The summed E-state index contributed by atoms with van der Waals surface area (Å²) in [5, 5.41) is 0. The van der Waals surface area contributed by atoms with Crippen LogP contribution in [0.4, 0.5) is 0 Å². The molecule has 1 rings (SSSR count). The summed E-state index contributed by atoms with van der Waals surface area (Å²) >= 11 is 4.11. The lowest BCUT2D eigenvalue weighted by Crippen LogP contribution is -1.95. The number of rotatable bonds is 8. The van der Waals surface area contributed by atoms with Crippen molar-refractivity contribution in [2.45, 2.75) is 38.7 Å². The van der Waals surface area contributed by atoms with Crippen LogP contribution in [0.3, 0.4) is 0 Å². The average Bonchev–Trinajstić information content (AvgIpc) is 2.31. The van der Waals surface area contributed by atoms with E-state index in [9.17, 15) is 0 Å². The van der Waals surface area contributed by atoms with Crippen LogP contribution in [0.15, 0.2) is 24.3 Å². The largest absolute Gasteiger partial charge is 0.157 e. The van der Waals surface area contributed by atoms with Crippen molar-refractivity contribution in [2.24, 2.45) is 5.92 Å². The lowest BCUT2D eigenvalue weighted by molar-refractivity contribution is 0.750. The van der Waals surface area contributed by atoms with Gasteiger partial charge in [0.05, 0.1) is 0 Å². The third-order valence-electron chi connectivity index (χ3n) is 2.43. The Kier molecular flexibility index (Phi) is 7.87. The minimum atomic E-state index is 0.793. The van der Waals surface area contributed by atoms with Gasteiger partial charge in [0.25, 0.3) is 0 Å². The predicted molar refractivity (Wildman–Crippen MR) is 83.9 cm³/mol. The molecule has 1 aromatic rings. The highest BCUT2D eigenvalue weighted by Crippen LogP contribution is 2.22. The van der Waals surface area contributed by atoms with Crippen LogP contribution < -0.4 is 0 Å². The Morgan fingerprint density at radius 2 is 1.59 bits per heavy atom. The van der Waals surface area contributed by atoms with Crippen LogP contribution in [0.2, 0.25) is 0 Å². The summed E-state index contributed by atoms with van der Waals surface area (Å²) in [6.45, 7) is 6.82. The molecule has 2 heteroatoms. The number of thioether (sulfide) groups is 2. The molecule has 1 aromatic carbocycles.